The van der Waals surface area contributed by atoms with Crippen LogP contribution in [0.15, 0.2) is 18.3 Å². The first kappa shape index (κ1) is 7.75. The minimum absolute atomic E-state index is 0.0155. The molecule has 0 bridgehead atoms. The average molecular weight is 151 g/mol. The molecular weight excluding hydrogens is 142 g/mol. The molecule has 1 heterocycles. The first-order chi connectivity index (χ1) is 5.36. The summed E-state index contributed by atoms with van der Waals surface area (Å²) in [6, 6.07) is 1.71. The Balaban J connectivity index is 2.72. The highest BCUT2D eigenvalue weighted by molar-refractivity contribution is 5.73. The van der Waals surface area contributed by atoms with E-state index in [0.29, 0.717) is 5.69 Å². The molecule has 0 saturated heterocycles. The molecular formula is C8H9NO2. The lowest BCUT2D eigenvalue weighted by Crippen LogP contribution is -1.73. The van der Waals surface area contributed by atoms with Crippen molar-refractivity contribution in [3.05, 3.63) is 29.6 Å². The lowest BCUT2D eigenvalue weighted by Gasteiger charge is -1.79. The molecule has 0 unspecified atom stereocenters. The molecule has 1 aromatic rings. The predicted octanol–water partition coefficient (Wildman–Crippen LogP) is 0.833. The Labute approximate surface area is 64.4 Å². The number of H-pyrrole nitrogens is 1. The lowest BCUT2D eigenvalue weighted by molar-refractivity contribution is 0.111. The smallest absolute Gasteiger partial charge is 0.166 e. The molecule has 0 atom stereocenters. The standard InChI is InChI=1S/C8H9NO2/c10-3-1-2-7-4-8(6-11)9-5-7/h1-2,4-6,9-10H,3H2. The van der Waals surface area contributed by atoms with E-state index < -0.39 is 0 Å². The van der Waals surface area contributed by atoms with Gasteiger partial charge in [0, 0.05) is 6.20 Å². The third-order valence-electron chi connectivity index (χ3n) is 1.27. The Morgan fingerprint density at radius 2 is 2.45 bits per heavy atom. The SMILES string of the molecule is O=Cc1cc(C=CCO)c[nH]1. The van der Waals surface area contributed by atoms with Gasteiger partial charge >= 0.3 is 0 Å². The van der Waals surface area contributed by atoms with Crippen molar-refractivity contribution in [2.24, 2.45) is 0 Å². The summed E-state index contributed by atoms with van der Waals surface area (Å²) in [6.07, 6.45) is 5.80. The molecule has 0 aliphatic carbocycles. The first-order valence-corrected chi connectivity index (χ1v) is 3.28. The Morgan fingerprint density at radius 1 is 1.64 bits per heavy atom. The van der Waals surface area contributed by atoms with Crippen molar-refractivity contribution in [3.8, 4) is 0 Å². The van der Waals surface area contributed by atoms with E-state index in [-0.39, 0.29) is 6.61 Å². The summed E-state index contributed by atoms with van der Waals surface area (Å²) in [7, 11) is 0. The van der Waals surface area contributed by atoms with Gasteiger partial charge in [0.1, 0.15) is 0 Å². The number of aromatic amines is 1. The number of aliphatic hydroxyl groups is 1. The molecule has 0 saturated carbocycles. The van der Waals surface area contributed by atoms with Crippen LogP contribution in [0.5, 0.6) is 0 Å². The maximum atomic E-state index is 10.2. The lowest BCUT2D eigenvalue weighted by atomic mass is 10.3. The van der Waals surface area contributed by atoms with Crippen LogP contribution in [0.2, 0.25) is 0 Å². The summed E-state index contributed by atoms with van der Waals surface area (Å²) >= 11 is 0. The molecule has 58 valence electrons. The van der Waals surface area contributed by atoms with Crippen LogP contribution in [0.4, 0.5) is 0 Å². The van der Waals surface area contributed by atoms with Crippen LogP contribution in [0, 0.1) is 0 Å². The molecule has 0 spiro atoms. The summed E-state index contributed by atoms with van der Waals surface area (Å²) in [5.41, 5.74) is 1.43. The van der Waals surface area contributed by atoms with Crippen LogP contribution in [-0.2, 0) is 0 Å². The predicted molar refractivity (Wildman–Crippen MR) is 42.3 cm³/mol. The van der Waals surface area contributed by atoms with Gasteiger partial charge in [-0.3, -0.25) is 4.79 Å². The molecule has 3 heteroatoms. The van der Waals surface area contributed by atoms with Crippen LogP contribution in [0.3, 0.4) is 0 Å². The summed E-state index contributed by atoms with van der Waals surface area (Å²) < 4.78 is 0. The van der Waals surface area contributed by atoms with Crippen molar-refractivity contribution in [3.63, 3.8) is 0 Å². The van der Waals surface area contributed by atoms with Gasteiger partial charge in [0.15, 0.2) is 6.29 Å². The van der Waals surface area contributed by atoms with Gasteiger partial charge in [0.25, 0.3) is 0 Å². The highest BCUT2D eigenvalue weighted by Gasteiger charge is 1.91. The van der Waals surface area contributed by atoms with Crippen LogP contribution in [-0.4, -0.2) is 23.0 Å². The van der Waals surface area contributed by atoms with Crippen LogP contribution in [0.1, 0.15) is 16.1 Å². The fourth-order valence-corrected chi connectivity index (χ4v) is 0.783. The topological polar surface area (TPSA) is 53.1 Å². The van der Waals surface area contributed by atoms with E-state index in [0.717, 1.165) is 11.8 Å². The number of carbonyl (C=O) groups is 1. The normalized spacial score (nSPS) is 10.6. The van der Waals surface area contributed by atoms with Crippen LogP contribution < -0.4 is 0 Å². The van der Waals surface area contributed by atoms with Gasteiger partial charge in [-0.05, 0) is 11.6 Å². The van der Waals surface area contributed by atoms with Crippen molar-refractivity contribution in [1.82, 2.24) is 4.98 Å². The number of rotatable bonds is 3. The third kappa shape index (κ3) is 2.05. The summed E-state index contributed by atoms with van der Waals surface area (Å²) in [6.45, 7) is 0.0155. The third-order valence-corrected chi connectivity index (χ3v) is 1.27. The molecule has 0 aliphatic heterocycles. The zero-order chi connectivity index (χ0) is 8.10. The van der Waals surface area contributed by atoms with Gasteiger partial charge in [-0.2, -0.15) is 0 Å². The van der Waals surface area contributed by atoms with Gasteiger partial charge in [-0.25, -0.2) is 0 Å². The van der Waals surface area contributed by atoms with Crippen LogP contribution in [0.25, 0.3) is 6.08 Å². The number of aliphatic hydroxyl groups excluding tert-OH is 1. The first-order valence-electron chi connectivity index (χ1n) is 3.28. The van der Waals surface area contributed by atoms with E-state index in [4.69, 9.17) is 5.11 Å². The zero-order valence-corrected chi connectivity index (χ0v) is 5.95. The second-order valence-corrected chi connectivity index (χ2v) is 2.09. The minimum atomic E-state index is 0.0155. The van der Waals surface area contributed by atoms with E-state index >= 15 is 0 Å². The Kier molecular flexibility index (Phi) is 2.63. The van der Waals surface area contributed by atoms with E-state index in [1.165, 1.54) is 0 Å². The number of aldehydes is 1. The molecule has 0 aromatic carbocycles. The van der Waals surface area contributed by atoms with Crippen molar-refractivity contribution in [2.75, 3.05) is 6.61 Å². The molecule has 11 heavy (non-hydrogen) atoms. The molecule has 0 amide bonds. The van der Waals surface area contributed by atoms with E-state index in [1.54, 1.807) is 24.4 Å². The summed E-state index contributed by atoms with van der Waals surface area (Å²) in [5, 5.41) is 8.43. The summed E-state index contributed by atoms with van der Waals surface area (Å²) in [4.78, 5) is 13.0. The van der Waals surface area contributed by atoms with Crippen molar-refractivity contribution in [2.45, 2.75) is 0 Å². The van der Waals surface area contributed by atoms with Gasteiger partial charge in [-0.15, -0.1) is 0 Å². The Morgan fingerprint density at radius 3 is 3.00 bits per heavy atom. The monoisotopic (exact) mass is 151 g/mol. The van der Waals surface area contributed by atoms with Crippen molar-refractivity contribution in [1.29, 1.82) is 0 Å². The number of carbonyl (C=O) groups excluding carboxylic acids is 1. The maximum Gasteiger partial charge on any atom is 0.166 e. The number of hydrogen-bond acceptors (Lipinski definition) is 2. The summed E-state index contributed by atoms with van der Waals surface area (Å²) in [5.74, 6) is 0. The largest absolute Gasteiger partial charge is 0.392 e. The molecule has 0 radical (unpaired) electrons. The second kappa shape index (κ2) is 3.73. The van der Waals surface area contributed by atoms with Gasteiger partial charge in [0.2, 0.25) is 0 Å². The van der Waals surface area contributed by atoms with E-state index in [1.807, 2.05) is 0 Å². The highest BCUT2D eigenvalue weighted by Crippen LogP contribution is 2.02. The molecule has 3 nitrogen and oxygen atoms in total. The van der Waals surface area contributed by atoms with Crippen LogP contribution >= 0.6 is 0 Å². The molecule has 0 aliphatic rings. The number of aromatic nitrogens is 1. The van der Waals surface area contributed by atoms with E-state index in [2.05, 4.69) is 4.98 Å². The van der Waals surface area contributed by atoms with Crippen molar-refractivity contribution < 1.29 is 9.90 Å². The fraction of sp³-hybridized carbons (Fsp3) is 0.125. The Bertz CT molecular complexity index is 263. The molecule has 2 N–H and O–H groups in total. The Hall–Kier alpha value is -1.35. The van der Waals surface area contributed by atoms with Gasteiger partial charge in [-0.1, -0.05) is 12.2 Å². The van der Waals surface area contributed by atoms with Gasteiger partial charge < -0.3 is 10.1 Å². The molecule has 1 aromatic heterocycles. The maximum absolute atomic E-state index is 10.2. The van der Waals surface area contributed by atoms with Gasteiger partial charge in [0.05, 0.1) is 12.3 Å². The van der Waals surface area contributed by atoms with Crippen molar-refractivity contribution >= 4 is 12.4 Å². The highest BCUT2D eigenvalue weighted by atomic mass is 16.2. The fourth-order valence-electron chi connectivity index (χ4n) is 0.783. The number of hydrogen-bond donors (Lipinski definition) is 2. The quantitative estimate of drug-likeness (QED) is 0.629. The zero-order valence-electron chi connectivity index (χ0n) is 5.95. The number of nitrogens with one attached hydrogen (secondary N) is 1. The second-order valence-electron chi connectivity index (χ2n) is 2.09. The molecule has 1 rings (SSSR count). The minimum Gasteiger partial charge on any atom is -0.392 e. The molecule has 0 fully saturated rings. The van der Waals surface area contributed by atoms with E-state index in [9.17, 15) is 4.79 Å². The average Bonchev–Trinajstić information content (AvgIpc) is 2.48.